The number of hydrogen-bond acceptors (Lipinski definition) is 9. The maximum atomic E-state index is 14.1. The van der Waals surface area contributed by atoms with E-state index < -0.39 is 69.7 Å². The number of carbonyl (C=O) groups excluding carboxylic acids is 4. The van der Waals surface area contributed by atoms with Gasteiger partial charge in [-0.05, 0) is 61.5 Å². The lowest BCUT2D eigenvalue weighted by Crippen LogP contribution is -2.33. The molecule has 10 nitrogen and oxygen atoms in total. The van der Waals surface area contributed by atoms with Gasteiger partial charge >= 0.3 is 17.0 Å². The zero-order valence-electron chi connectivity index (χ0n) is 24.6. The number of esters is 1. The highest BCUT2D eigenvalue weighted by Gasteiger charge is 2.57. The number of ether oxygens (including phenoxy) is 2. The SMILES string of the molecule is CCOC(=O)c1ccc(NC(=O)COc2ccc(Br)cc2[C@@H]2c3sc(=O)[nH]c3S[C@H]3C(=O)N(c4ccccc4C(F)(F)F)C(=O)[C@@H]23)cc1. The van der Waals surface area contributed by atoms with Crippen molar-refractivity contribution >= 4 is 74.1 Å². The number of imide groups is 1. The summed E-state index contributed by atoms with van der Waals surface area (Å²) in [5, 5.41) is 1.82. The van der Waals surface area contributed by atoms with Gasteiger partial charge in [0, 0.05) is 26.5 Å². The number of H-pyrrole nitrogens is 1. The van der Waals surface area contributed by atoms with E-state index in [2.05, 4.69) is 26.2 Å². The molecule has 0 spiro atoms. The molecule has 3 aromatic carbocycles. The summed E-state index contributed by atoms with van der Waals surface area (Å²) < 4.78 is 53.4. The number of halogens is 4. The lowest BCUT2D eigenvalue weighted by atomic mass is 9.82. The molecule has 0 unspecified atom stereocenters. The molecular formula is C32H23BrF3N3O7S2. The minimum atomic E-state index is -4.84. The van der Waals surface area contributed by atoms with Gasteiger partial charge in [-0.1, -0.05) is 51.2 Å². The first-order chi connectivity index (χ1) is 22.9. The van der Waals surface area contributed by atoms with Crippen molar-refractivity contribution in [1.29, 1.82) is 0 Å². The number of nitrogens with one attached hydrogen (secondary N) is 2. The summed E-state index contributed by atoms with van der Waals surface area (Å²) in [7, 11) is 0. The first-order valence-corrected chi connectivity index (χ1v) is 16.8. The Morgan fingerprint density at radius 1 is 1.02 bits per heavy atom. The quantitative estimate of drug-likeness (QED) is 0.160. The van der Waals surface area contributed by atoms with Gasteiger partial charge in [0.15, 0.2) is 6.61 Å². The monoisotopic (exact) mass is 761 g/mol. The molecule has 1 aromatic heterocycles. The predicted molar refractivity (Wildman–Crippen MR) is 175 cm³/mol. The van der Waals surface area contributed by atoms with Crippen molar-refractivity contribution in [3.63, 3.8) is 0 Å². The Hall–Kier alpha value is -4.41. The van der Waals surface area contributed by atoms with E-state index in [9.17, 15) is 37.1 Å². The van der Waals surface area contributed by atoms with Crippen LogP contribution in [0.1, 0.15) is 39.2 Å². The standard InChI is InChI=1S/C32H23BrF3N3O7S2/c1-2-45-30(43)15-7-10-17(11-8-15)37-22(40)14-46-21-12-9-16(33)13-18(21)23-24-26(47-27-25(23)48-31(44)38-27)29(42)39(28(24)41)20-6-4-3-5-19(20)32(34,35)36/h3-13,23-24,26H,2,14H2,1H3,(H,37,40)(H,38,44)/t23-,24-,26+/m0/s1. The van der Waals surface area contributed by atoms with E-state index in [1.165, 1.54) is 36.4 Å². The van der Waals surface area contributed by atoms with Crippen LogP contribution >= 0.6 is 39.0 Å². The molecule has 3 heterocycles. The Labute approximate surface area is 286 Å². The van der Waals surface area contributed by atoms with Crippen molar-refractivity contribution < 1.29 is 41.8 Å². The number of thiazole rings is 1. The van der Waals surface area contributed by atoms with E-state index in [-0.39, 0.29) is 12.4 Å². The van der Waals surface area contributed by atoms with E-state index in [0.717, 1.165) is 35.2 Å². The molecule has 0 bridgehead atoms. The number of anilines is 2. The van der Waals surface area contributed by atoms with Crippen LogP contribution in [0.3, 0.4) is 0 Å². The smallest absolute Gasteiger partial charge is 0.418 e. The van der Waals surface area contributed by atoms with Crippen LogP contribution in [-0.4, -0.2) is 47.1 Å². The van der Waals surface area contributed by atoms with Gasteiger partial charge in [-0.25, -0.2) is 9.69 Å². The number of alkyl halides is 3. The number of amides is 3. The van der Waals surface area contributed by atoms with Crippen LogP contribution in [-0.2, 0) is 25.3 Å². The highest BCUT2D eigenvalue weighted by molar-refractivity contribution is 9.10. The lowest BCUT2D eigenvalue weighted by molar-refractivity contribution is -0.137. The van der Waals surface area contributed by atoms with Crippen LogP contribution in [0.4, 0.5) is 24.5 Å². The topological polar surface area (TPSA) is 135 Å². The largest absolute Gasteiger partial charge is 0.483 e. The molecule has 1 saturated heterocycles. The third-order valence-electron chi connectivity index (χ3n) is 7.62. The highest BCUT2D eigenvalue weighted by atomic mass is 79.9. The van der Waals surface area contributed by atoms with Gasteiger partial charge < -0.3 is 19.8 Å². The zero-order chi connectivity index (χ0) is 34.3. The molecule has 2 aliphatic rings. The van der Waals surface area contributed by atoms with E-state index in [1.54, 1.807) is 25.1 Å². The summed E-state index contributed by atoms with van der Waals surface area (Å²) in [6.07, 6.45) is -4.84. The Morgan fingerprint density at radius 3 is 2.46 bits per heavy atom. The first kappa shape index (κ1) is 33.5. The van der Waals surface area contributed by atoms with Crippen molar-refractivity contribution in [1.82, 2.24) is 4.98 Å². The third-order valence-corrected chi connectivity index (χ3v) is 10.5. The van der Waals surface area contributed by atoms with Crippen LogP contribution in [0.2, 0.25) is 0 Å². The van der Waals surface area contributed by atoms with E-state index in [4.69, 9.17) is 9.47 Å². The number of aromatic amines is 1. The minimum Gasteiger partial charge on any atom is -0.483 e. The van der Waals surface area contributed by atoms with Crippen molar-refractivity contribution in [2.75, 3.05) is 23.4 Å². The van der Waals surface area contributed by atoms with Crippen molar-refractivity contribution in [2.45, 2.75) is 29.3 Å². The van der Waals surface area contributed by atoms with Crippen LogP contribution in [0.15, 0.2) is 81.0 Å². The van der Waals surface area contributed by atoms with Crippen molar-refractivity contribution in [2.24, 2.45) is 5.92 Å². The molecule has 4 aromatic rings. The average molecular weight is 763 g/mol. The second-order valence-corrected chi connectivity index (χ2v) is 13.7. The van der Waals surface area contributed by atoms with E-state index in [1.807, 2.05) is 0 Å². The summed E-state index contributed by atoms with van der Waals surface area (Å²) >= 11 is 5.15. The van der Waals surface area contributed by atoms with Gasteiger partial charge in [0.2, 0.25) is 11.8 Å². The summed E-state index contributed by atoms with van der Waals surface area (Å²) in [5.41, 5.74) is -0.682. The van der Waals surface area contributed by atoms with Crippen molar-refractivity contribution in [3.05, 3.63) is 102 Å². The number of aromatic nitrogens is 1. The average Bonchev–Trinajstić information content (AvgIpc) is 3.54. The first-order valence-electron chi connectivity index (χ1n) is 14.3. The van der Waals surface area contributed by atoms with Crippen LogP contribution in [0.25, 0.3) is 0 Å². The van der Waals surface area contributed by atoms with Gasteiger partial charge in [0.1, 0.15) is 11.0 Å². The second kappa shape index (κ2) is 13.2. The number of rotatable bonds is 8. The van der Waals surface area contributed by atoms with Gasteiger partial charge in [-0.3, -0.25) is 19.2 Å². The Balaban J connectivity index is 1.31. The minimum absolute atomic E-state index is 0.155. The Kier molecular flexibility index (Phi) is 9.24. The number of nitrogens with zero attached hydrogens (tertiary/aromatic N) is 1. The number of para-hydroxylation sites is 1. The second-order valence-electron chi connectivity index (χ2n) is 10.6. The summed E-state index contributed by atoms with van der Waals surface area (Å²) in [6, 6.07) is 15.2. The highest BCUT2D eigenvalue weighted by Crippen LogP contribution is 2.55. The van der Waals surface area contributed by atoms with Gasteiger partial charge in [-0.2, -0.15) is 13.2 Å². The molecule has 0 saturated carbocycles. The van der Waals surface area contributed by atoms with Crippen LogP contribution in [0, 0.1) is 5.92 Å². The fraction of sp³-hybridized carbons (Fsp3) is 0.219. The summed E-state index contributed by atoms with van der Waals surface area (Å²) in [6.45, 7) is 1.41. The number of fused-ring (bicyclic) bond motifs is 2. The van der Waals surface area contributed by atoms with Crippen LogP contribution in [0.5, 0.6) is 5.75 Å². The molecule has 248 valence electrons. The number of hydrogen-bond donors (Lipinski definition) is 2. The number of carbonyl (C=O) groups is 4. The molecule has 48 heavy (non-hydrogen) atoms. The molecule has 2 aliphatic heterocycles. The van der Waals surface area contributed by atoms with Crippen molar-refractivity contribution in [3.8, 4) is 5.75 Å². The Bertz CT molecular complexity index is 2000. The molecule has 3 atom stereocenters. The number of benzene rings is 3. The van der Waals surface area contributed by atoms with Gasteiger partial charge in [0.25, 0.3) is 5.91 Å². The van der Waals surface area contributed by atoms with Crippen LogP contribution < -0.4 is 19.8 Å². The predicted octanol–water partition coefficient (Wildman–Crippen LogP) is 6.21. The number of thioether (sulfide) groups is 1. The molecule has 3 amide bonds. The molecule has 1 fully saturated rings. The molecule has 16 heteroatoms. The Morgan fingerprint density at radius 2 is 1.75 bits per heavy atom. The summed E-state index contributed by atoms with van der Waals surface area (Å²) in [5.74, 6) is -4.80. The molecule has 6 rings (SSSR count). The maximum absolute atomic E-state index is 14.1. The van der Waals surface area contributed by atoms with Gasteiger partial charge in [-0.15, -0.1) is 0 Å². The molecule has 2 N–H and O–H groups in total. The van der Waals surface area contributed by atoms with E-state index in [0.29, 0.717) is 36.1 Å². The zero-order valence-corrected chi connectivity index (χ0v) is 27.8. The fourth-order valence-corrected chi connectivity index (χ4v) is 8.52. The van der Waals surface area contributed by atoms with Gasteiger partial charge in [0.05, 0.1) is 34.4 Å². The normalized spacial score (nSPS) is 18.7. The molecule has 0 radical (unpaired) electrons. The third kappa shape index (κ3) is 6.39. The molecular weight excluding hydrogens is 739 g/mol. The maximum Gasteiger partial charge on any atom is 0.418 e. The van der Waals surface area contributed by atoms with E-state index >= 15 is 0 Å². The fourth-order valence-electron chi connectivity index (χ4n) is 5.64. The summed E-state index contributed by atoms with van der Waals surface area (Å²) in [4.78, 5) is 68.4. The molecule has 0 aliphatic carbocycles. The lowest BCUT2D eigenvalue weighted by Gasteiger charge is -2.31.